The highest BCUT2D eigenvalue weighted by Gasteiger charge is 2.31. The van der Waals surface area contributed by atoms with Crippen LogP contribution in [0.15, 0.2) is 6.33 Å². The summed E-state index contributed by atoms with van der Waals surface area (Å²) in [6.07, 6.45) is 6.66. The van der Waals surface area contributed by atoms with Gasteiger partial charge in [-0.2, -0.15) is 0 Å². The first-order valence-corrected chi connectivity index (χ1v) is 7.84. The average molecular weight is 275 g/mol. The number of aromatic nitrogens is 2. The van der Waals surface area contributed by atoms with Crippen LogP contribution in [0.25, 0.3) is 0 Å². The molecule has 1 unspecified atom stereocenters. The highest BCUT2D eigenvalue weighted by Crippen LogP contribution is 2.29. The molecule has 5 nitrogen and oxygen atoms in total. The smallest absolute Gasteiger partial charge is 0.137 e. The van der Waals surface area contributed by atoms with E-state index in [0.29, 0.717) is 0 Å². The van der Waals surface area contributed by atoms with E-state index in [4.69, 9.17) is 0 Å². The van der Waals surface area contributed by atoms with Crippen LogP contribution in [-0.4, -0.2) is 54.1 Å². The van der Waals surface area contributed by atoms with Gasteiger partial charge in [0.2, 0.25) is 0 Å². The normalized spacial score (nSPS) is 23.5. The van der Waals surface area contributed by atoms with Gasteiger partial charge >= 0.3 is 0 Å². The number of nitrogens with zero attached hydrogens (tertiary/aromatic N) is 4. The van der Waals surface area contributed by atoms with Crippen molar-refractivity contribution >= 4 is 11.6 Å². The molecule has 2 aliphatic heterocycles. The molecule has 110 valence electrons. The van der Waals surface area contributed by atoms with E-state index in [2.05, 4.69) is 32.0 Å². The molecule has 0 radical (unpaired) electrons. The van der Waals surface area contributed by atoms with E-state index >= 15 is 0 Å². The van der Waals surface area contributed by atoms with Gasteiger partial charge in [-0.1, -0.05) is 6.92 Å². The van der Waals surface area contributed by atoms with Gasteiger partial charge in [-0.3, -0.25) is 4.90 Å². The minimum Gasteiger partial charge on any atom is -0.373 e. The summed E-state index contributed by atoms with van der Waals surface area (Å²) < 4.78 is 0. The number of rotatable bonds is 4. The number of anilines is 2. The zero-order chi connectivity index (χ0) is 13.9. The van der Waals surface area contributed by atoms with Crippen LogP contribution in [-0.2, 0) is 6.42 Å². The minimum atomic E-state index is 0.718. The van der Waals surface area contributed by atoms with Gasteiger partial charge in [-0.05, 0) is 38.8 Å². The van der Waals surface area contributed by atoms with E-state index in [-0.39, 0.29) is 0 Å². The van der Waals surface area contributed by atoms with Crippen LogP contribution in [0.1, 0.15) is 31.7 Å². The fraction of sp³-hybridized carbons (Fsp3) is 0.733. The standard InChI is InChI=1S/C15H25N5/c1-3-13-14(16-2)17-11-18-15(13)20-9-6-12(10-20)19-7-4-5-8-19/h11-12H,3-10H2,1-2H3,(H,16,17,18). The number of hydrogen-bond acceptors (Lipinski definition) is 5. The maximum atomic E-state index is 4.56. The van der Waals surface area contributed by atoms with Crippen LogP contribution in [0.5, 0.6) is 0 Å². The lowest BCUT2D eigenvalue weighted by atomic mass is 10.2. The predicted molar refractivity (Wildman–Crippen MR) is 82.4 cm³/mol. The van der Waals surface area contributed by atoms with Crippen molar-refractivity contribution in [1.29, 1.82) is 0 Å². The van der Waals surface area contributed by atoms with Crippen LogP contribution < -0.4 is 10.2 Å². The van der Waals surface area contributed by atoms with Gasteiger partial charge in [-0.15, -0.1) is 0 Å². The molecule has 0 aromatic carbocycles. The van der Waals surface area contributed by atoms with Gasteiger partial charge in [0.1, 0.15) is 18.0 Å². The fourth-order valence-electron chi connectivity index (χ4n) is 3.56. The van der Waals surface area contributed by atoms with Gasteiger partial charge in [0.05, 0.1) is 0 Å². The summed E-state index contributed by atoms with van der Waals surface area (Å²) in [5, 5.41) is 3.19. The third-order valence-corrected chi connectivity index (χ3v) is 4.63. The highest BCUT2D eigenvalue weighted by molar-refractivity contribution is 5.59. The molecule has 0 bridgehead atoms. The molecule has 20 heavy (non-hydrogen) atoms. The largest absolute Gasteiger partial charge is 0.373 e. The topological polar surface area (TPSA) is 44.3 Å². The first-order chi connectivity index (χ1) is 9.83. The summed E-state index contributed by atoms with van der Waals surface area (Å²) in [4.78, 5) is 14.0. The Morgan fingerprint density at radius 2 is 2.05 bits per heavy atom. The third-order valence-electron chi connectivity index (χ3n) is 4.63. The van der Waals surface area contributed by atoms with Crippen molar-refractivity contribution in [1.82, 2.24) is 14.9 Å². The van der Waals surface area contributed by atoms with Crippen LogP contribution in [0, 0.1) is 0 Å². The lowest BCUT2D eigenvalue weighted by Gasteiger charge is -2.25. The van der Waals surface area contributed by atoms with Crippen molar-refractivity contribution in [2.75, 3.05) is 43.4 Å². The Hall–Kier alpha value is -1.36. The molecule has 1 aromatic rings. The second-order valence-electron chi connectivity index (χ2n) is 5.76. The molecule has 0 aliphatic carbocycles. The number of hydrogen-bond donors (Lipinski definition) is 1. The van der Waals surface area contributed by atoms with Gasteiger partial charge in [0.15, 0.2) is 0 Å². The number of likely N-dealkylation sites (tertiary alicyclic amines) is 1. The molecule has 0 saturated carbocycles. The Labute approximate surface area is 121 Å². The van der Waals surface area contributed by atoms with Crippen LogP contribution in [0.4, 0.5) is 11.6 Å². The SMILES string of the molecule is CCc1c(NC)ncnc1N1CCC(N2CCCC2)C1. The summed E-state index contributed by atoms with van der Waals surface area (Å²) in [6, 6.07) is 0.718. The predicted octanol–water partition coefficient (Wildman–Crippen LogP) is 1.76. The van der Waals surface area contributed by atoms with Gasteiger partial charge in [0.25, 0.3) is 0 Å². The molecule has 5 heteroatoms. The molecule has 2 fully saturated rings. The molecule has 1 N–H and O–H groups in total. The molecule has 2 saturated heterocycles. The van der Waals surface area contributed by atoms with Gasteiger partial charge in [-0.25, -0.2) is 9.97 Å². The first kappa shape index (κ1) is 13.6. The Bertz CT molecular complexity index is 456. The van der Waals surface area contributed by atoms with Crippen molar-refractivity contribution in [2.24, 2.45) is 0 Å². The lowest BCUT2D eigenvalue weighted by molar-refractivity contribution is 0.260. The molecule has 0 amide bonds. The van der Waals surface area contributed by atoms with Crippen LogP contribution in [0.3, 0.4) is 0 Å². The second kappa shape index (κ2) is 5.95. The molecule has 3 rings (SSSR count). The van der Waals surface area contributed by atoms with E-state index in [9.17, 15) is 0 Å². The Balaban J connectivity index is 1.77. The van der Waals surface area contributed by atoms with Gasteiger partial charge < -0.3 is 10.2 Å². The summed E-state index contributed by atoms with van der Waals surface area (Å²) in [6.45, 7) is 6.98. The van der Waals surface area contributed by atoms with E-state index in [0.717, 1.165) is 37.2 Å². The first-order valence-electron chi connectivity index (χ1n) is 7.84. The number of nitrogens with one attached hydrogen (secondary N) is 1. The average Bonchev–Trinajstić information content (AvgIpc) is 3.16. The zero-order valence-corrected chi connectivity index (χ0v) is 12.6. The van der Waals surface area contributed by atoms with Crippen molar-refractivity contribution < 1.29 is 0 Å². The summed E-state index contributed by atoms with van der Waals surface area (Å²) in [5.41, 5.74) is 1.25. The van der Waals surface area contributed by atoms with Crippen LogP contribution in [0.2, 0.25) is 0 Å². The van der Waals surface area contributed by atoms with Crippen molar-refractivity contribution in [2.45, 2.75) is 38.6 Å². The fourth-order valence-corrected chi connectivity index (χ4v) is 3.56. The summed E-state index contributed by atoms with van der Waals surface area (Å²) >= 11 is 0. The molecule has 3 heterocycles. The quantitative estimate of drug-likeness (QED) is 0.907. The van der Waals surface area contributed by atoms with Crippen molar-refractivity contribution in [3.63, 3.8) is 0 Å². The molecular formula is C15H25N5. The Kier molecular flexibility index (Phi) is 4.05. The molecule has 1 aromatic heterocycles. The monoisotopic (exact) mass is 275 g/mol. The van der Waals surface area contributed by atoms with Gasteiger partial charge in [0, 0.05) is 31.7 Å². The summed E-state index contributed by atoms with van der Waals surface area (Å²) in [5.74, 6) is 2.11. The van der Waals surface area contributed by atoms with E-state index in [1.54, 1.807) is 6.33 Å². The lowest BCUT2D eigenvalue weighted by Crippen LogP contribution is -2.35. The maximum Gasteiger partial charge on any atom is 0.137 e. The highest BCUT2D eigenvalue weighted by atomic mass is 15.3. The molecule has 0 spiro atoms. The molecule has 2 aliphatic rings. The Morgan fingerprint density at radius 3 is 2.75 bits per heavy atom. The maximum absolute atomic E-state index is 4.56. The van der Waals surface area contributed by atoms with E-state index < -0.39 is 0 Å². The molecule has 1 atom stereocenters. The molecular weight excluding hydrogens is 250 g/mol. The van der Waals surface area contributed by atoms with E-state index in [1.807, 2.05) is 7.05 Å². The second-order valence-corrected chi connectivity index (χ2v) is 5.76. The Morgan fingerprint density at radius 1 is 1.25 bits per heavy atom. The zero-order valence-electron chi connectivity index (χ0n) is 12.6. The van der Waals surface area contributed by atoms with E-state index in [1.165, 1.54) is 37.9 Å². The minimum absolute atomic E-state index is 0.718. The van der Waals surface area contributed by atoms with Crippen molar-refractivity contribution in [3.05, 3.63) is 11.9 Å². The summed E-state index contributed by atoms with van der Waals surface area (Å²) in [7, 11) is 1.93. The third kappa shape index (κ3) is 2.46. The van der Waals surface area contributed by atoms with Crippen molar-refractivity contribution in [3.8, 4) is 0 Å². The van der Waals surface area contributed by atoms with Crippen LogP contribution >= 0.6 is 0 Å².